The van der Waals surface area contributed by atoms with Gasteiger partial charge in [0, 0.05) is 48.7 Å². The average molecular weight is 508 g/mol. The Kier molecular flexibility index (Phi) is 6.52. The molecule has 0 unspecified atom stereocenters. The van der Waals surface area contributed by atoms with Crippen LogP contribution in [-0.2, 0) is 14.6 Å². The van der Waals surface area contributed by atoms with Crippen molar-refractivity contribution < 1.29 is 27.1 Å². The molecule has 34 heavy (non-hydrogen) atoms. The topological polar surface area (TPSA) is 98.7 Å². The second kappa shape index (κ2) is 9.10. The first-order valence-corrected chi connectivity index (χ1v) is 13.6. The molecule has 1 aromatic carbocycles. The fraction of sp³-hybridized carbons (Fsp3) is 0.435. The lowest BCUT2D eigenvalue weighted by atomic mass is 10.1. The molecule has 1 aliphatic rings. The van der Waals surface area contributed by atoms with Crippen LogP contribution >= 0.6 is 11.3 Å². The van der Waals surface area contributed by atoms with Crippen LogP contribution in [0.25, 0.3) is 21.3 Å². The molecule has 1 aliphatic heterocycles. The zero-order valence-corrected chi connectivity index (χ0v) is 21.0. The third kappa shape index (κ3) is 5.30. The van der Waals surface area contributed by atoms with Gasteiger partial charge in [-0.2, -0.15) is 0 Å². The Morgan fingerprint density at radius 1 is 1.18 bits per heavy atom. The van der Waals surface area contributed by atoms with E-state index in [1.807, 2.05) is 20.8 Å². The van der Waals surface area contributed by atoms with Crippen LogP contribution in [0.4, 0.5) is 9.18 Å². The Morgan fingerprint density at radius 3 is 2.50 bits per heavy atom. The maximum Gasteiger partial charge on any atom is 0.410 e. The lowest BCUT2D eigenvalue weighted by molar-refractivity contribution is 0.0124. The number of carbonyl (C=O) groups is 1. The van der Waals surface area contributed by atoms with Crippen molar-refractivity contribution in [2.24, 2.45) is 0 Å². The number of nitrogens with zero attached hydrogens (tertiary/aromatic N) is 3. The SMILES string of the molecule is CC(C)(C)OC(=O)N1CCC(Oc2ncnc3c(-c4ccc(S(C)(=O)=O)cc4F)csc23)CC1. The monoisotopic (exact) mass is 507 g/mol. The van der Waals surface area contributed by atoms with E-state index in [4.69, 9.17) is 9.47 Å². The molecule has 0 bridgehead atoms. The van der Waals surface area contributed by atoms with E-state index >= 15 is 0 Å². The molecule has 0 radical (unpaired) electrons. The molecule has 0 spiro atoms. The van der Waals surface area contributed by atoms with Crippen molar-refractivity contribution in [2.75, 3.05) is 19.3 Å². The van der Waals surface area contributed by atoms with E-state index in [-0.39, 0.29) is 22.7 Å². The molecule has 0 aliphatic carbocycles. The fourth-order valence-corrected chi connectivity index (χ4v) is 5.27. The molecule has 3 aromatic rings. The van der Waals surface area contributed by atoms with E-state index < -0.39 is 21.3 Å². The number of benzene rings is 1. The first-order valence-electron chi connectivity index (χ1n) is 10.8. The number of hydrogen-bond donors (Lipinski definition) is 0. The van der Waals surface area contributed by atoms with Crippen LogP contribution in [0.3, 0.4) is 0 Å². The van der Waals surface area contributed by atoms with Crippen molar-refractivity contribution >= 4 is 37.5 Å². The van der Waals surface area contributed by atoms with Crippen molar-refractivity contribution in [3.8, 4) is 17.0 Å². The highest BCUT2D eigenvalue weighted by atomic mass is 32.2. The predicted molar refractivity (Wildman–Crippen MR) is 127 cm³/mol. The van der Waals surface area contributed by atoms with Crippen LogP contribution in [0.2, 0.25) is 0 Å². The van der Waals surface area contributed by atoms with Crippen LogP contribution < -0.4 is 4.74 Å². The molecule has 8 nitrogen and oxygen atoms in total. The Bertz CT molecular complexity index is 1330. The summed E-state index contributed by atoms with van der Waals surface area (Å²) in [5.74, 6) is -0.233. The molecular weight excluding hydrogens is 481 g/mol. The molecule has 0 N–H and O–H groups in total. The van der Waals surface area contributed by atoms with Gasteiger partial charge in [0.25, 0.3) is 0 Å². The summed E-state index contributed by atoms with van der Waals surface area (Å²) in [4.78, 5) is 22.5. The van der Waals surface area contributed by atoms with Gasteiger partial charge >= 0.3 is 6.09 Å². The number of piperidine rings is 1. The second-order valence-electron chi connectivity index (χ2n) is 9.20. The number of ether oxygens (including phenoxy) is 2. The Hall–Kier alpha value is -2.79. The average Bonchev–Trinajstić information content (AvgIpc) is 3.17. The molecule has 3 heterocycles. The van der Waals surface area contributed by atoms with Gasteiger partial charge < -0.3 is 14.4 Å². The van der Waals surface area contributed by atoms with E-state index in [0.29, 0.717) is 47.6 Å². The van der Waals surface area contributed by atoms with Gasteiger partial charge in [0.2, 0.25) is 5.88 Å². The lowest BCUT2D eigenvalue weighted by Crippen LogP contribution is -2.44. The second-order valence-corrected chi connectivity index (χ2v) is 12.1. The smallest absolute Gasteiger partial charge is 0.410 e. The molecule has 1 fully saturated rings. The molecule has 4 rings (SSSR count). The number of rotatable bonds is 4. The summed E-state index contributed by atoms with van der Waals surface area (Å²) < 4.78 is 50.5. The molecule has 2 aromatic heterocycles. The minimum absolute atomic E-state index is 0.0790. The van der Waals surface area contributed by atoms with Gasteiger partial charge in [0.15, 0.2) is 9.84 Å². The predicted octanol–water partition coefficient (Wildman–Crippen LogP) is 4.68. The van der Waals surface area contributed by atoms with Crippen LogP contribution in [-0.4, -0.2) is 60.4 Å². The summed E-state index contributed by atoms with van der Waals surface area (Å²) in [7, 11) is -3.51. The van der Waals surface area contributed by atoms with Crippen molar-refractivity contribution in [2.45, 2.75) is 50.2 Å². The number of carbonyl (C=O) groups excluding carboxylic acids is 1. The number of halogens is 1. The first kappa shape index (κ1) is 24.3. The molecule has 11 heteroatoms. The van der Waals surface area contributed by atoms with E-state index in [2.05, 4.69) is 9.97 Å². The Balaban J connectivity index is 1.51. The van der Waals surface area contributed by atoms with Crippen LogP contribution in [0.5, 0.6) is 5.88 Å². The summed E-state index contributed by atoms with van der Waals surface area (Å²) >= 11 is 1.33. The number of likely N-dealkylation sites (tertiary alicyclic amines) is 1. The third-order valence-corrected chi connectivity index (χ3v) is 7.42. The summed E-state index contributed by atoms with van der Waals surface area (Å²) in [6.45, 7) is 6.54. The van der Waals surface area contributed by atoms with Crippen molar-refractivity contribution in [3.05, 3.63) is 35.7 Å². The third-order valence-electron chi connectivity index (χ3n) is 5.35. The highest BCUT2D eigenvalue weighted by Gasteiger charge is 2.28. The largest absolute Gasteiger partial charge is 0.473 e. The molecule has 1 amide bonds. The number of sulfone groups is 1. The normalized spacial score (nSPS) is 15.5. The van der Waals surface area contributed by atoms with Gasteiger partial charge in [-0.3, -0.25) is 0 Å². The summed E-state index contributed by atoms with van der Waals surface area (Å²) in [6.07, 6.45) is 3.20. The molecule has 0 atom stereocenters. The number of fused-ring (bicyclic) bond motifs is 1. The van der Waals surface area contributed by atoms with Gasteiger partial charge in [-0.15, -0.1) is 11.3 Å². The van der Waals surface area contributed by atoms with E-state index in [9.17, 15) is 17.6 Å². The maximum absolute atomic E-state index is 14.8. The van der Waals surface area contributed by atoms with E-state index in [0.717, 1.165) is 12.3 Å². The highest BCUT2D eigenvalue weighted by Crippen LogP contribution is 2.38. The van der Waals surface area contributed by atoms with Crippen molar-refractivity contribution in [1.29, 1.82) is 0 Å². The van der Waals surface area contributed by atoms with Crippen LogP contribution in [0.1, 0.15) is 33.6 Å². The zero-order chi connectivity index (χ0) is 24.7. The van der Waals surface area contributed by atoms with Gasteiger partial charge in [0.1, 0.15) is 28.5 Å². The highest BCUT2D eigenvalue weighted by molar-refractivity contribution is 7.90. The quantitative estimate of drug-likeness (QED) is 0.506. The first-order chi connectivity index (χ1) is 15.9. The van der Waals surface area contributed by atoms with Crippen LogP contribution in [0, 0.1) is 5.82 Å². The van der Waals surface area contributed by atoms with Crippen molar-refractivity contribution in [1.82, 2.24) is 14.9 Å². The minimum atomic E-state index is -3.51. The van der Waals surface area contributed by atoms with E-state index in [1.54, 1.807) is 10.3 Å². The zero-order valence-electron chi connectivity index (χ0n) is 19.4. The van der Waals surface area contributed by atoms with Gasteiger partial charge in [-0.1, -0.05) is 6.07 Å². The van der Waals surface area contributed by atoms with Gasteiger partial charge in [-0.25, -0.2) is 27.6 Å². The van der Waals surface area contributed by atoms with E-state index in [1.165, 1.54) is 29.8 Å². The number of thiophene rings is 1. The molecule has 0 saturated carbocycles. The van der Waals surface area contributed by atoms with Gasteiger partial charge in [-0.05, 0) is 32.9 Å². The van der Waals surface area contributed by atoms with Crippen LogP contribution in [0.15, 0.2) is 34.8 Å². The summed E-state index contributed by atoms with van der Waals surface area (Å²) in [5, 5.41) is 1.76. The maximum atomic E-state index is 14.8. The summed E-state index contributed by atoms with van der Waals surface area (Å²) in [6, 6.07) is 3.85. The number of amides is 1. The molecular formula is C23H26FN3O5S2. The lowest BCUT2D eigenvalue weighted by Gasteiger charge is -2.33. The molecule has 182 valence electrons. The van der Waals surface area contributed by atoms with Crippen molar-refractivity contribution in [3.63, 3.8) is 0 Å². The Morgan fingerprint density at radius 2 is 1.88 bits per heavy atom. The summed E-state index contributed by atoms with van der Waals surface area (Å²) in [5.41, 5.74) is 0.795. The molecule has 1 saturated heterocycles. The number of hydrogen-bond acceptors (Lipinski definition) is 8. The standard InChI is InChI=1S/C23H26FN3O5S2/c1-23(2,3)32-22(28)27-9-7-14(8-10-27)31-21-20-19(25-13-26-21)17(12-33-20)16-6-5-15(11-18(16)24)34(4,29)30/h5-6,11-14H,7-10H2,1-4H3. The Labute approximate surface area is 201 Å². The fourth-order valence-electron chi connectivity index (χ4n) is 3.69. The minimum Gasteiger partial charge on any atom is -0.473 e. The van der Waals surface area contributed by atoms with Gasteiger partial charge in [0.05, 0.1) is 10.4 Å². The number of aromatic nitrogens is 2.